The second-order valence-electron chi connectivity index (χ2n) is 14.7. The molecule has 0 aromatic carbocycles. The lowest BCUT2D eigenvalue weighted by Gasteiger charge is -2.41. The molecule has 0 aromatic heterocycles. The van der Waals surface area contributed by atoms with Crippen molar-refractivity contribution in [3.63, 3.8) is 0 Å². The van der Waals surface area contributed by atoms with Crippen LogP contribution in [-0.2, 0) is 19.2 Å². The molecule has 3 atom stereocenters. The van der Waals surface area contributed by atoms with Crippen molar-refractivity contribution in [3.05, 3.63) is 72.9 Å². The van der Waals surface area contributed by atoms with Gasteiger partial charge in [-0.3, -0.25) is 24.5 Å². The van der Waals surface area contributed by atoms with Gasteiger partial charge in [-0.1, -0.05) is 132 Å². The van der Waals surface area contributed by atoms with Crippen molar-refractivity contribution < 1.29 is 39.6 Å². The first-order chi connectivity index (χ1) is 27.5. The van der Waals surface area contributed by atoms with Crippen molar-refractivity contribution in [1.82, 2.24) is 5.32 Å². The van der Waals surface area contributed by atoms with Crippen molar-refractivity contribution in [3.8, 4) is 0 Å². The lowest BCUT2D eigenvalue weighted by Crippen LogP contribution is -2.75. The smallest absolute Gasteiger partial charge is 0.303 e. The molecule has 0 radical (unpaired) electrons. The van der Waals surface area contributed by atoms with E-state index in [1.807, 2.05) is 0 Å². The number of unbranched alkanes of at least 4 members (excludes halogenated alkanes) is 10. The maximum Gasteiger partial charge on any atom is 0.303 e. The number of allylic oxidation sites excluding steroid dienone is 12. The topological polar surface area (TPSA) is 187 Å². The van der Waals surface area contributed by atoms with Crippen LogP contribution in [0.4, 0.5) is 0 Å². The van der Waals surface area contributed by atoms with E-state index in [0.717, 1.165) is 89.9 Å². The molecule has 0 spiro atoms. The Kier molecular flexibility index (Phi) is 33.8. The van der Waals surface area contributed by atoms with Gasteiger partial charge in [-0.15, -0.1) is 0 Å². The molecule has 0 bridgehead atoms. The van der Waals surface area contributed by atoms with Crippen LogP contribution < -0.4 is 11.1 Å². The summed E-state index contributed by atoms with van der Waals surface area (Å²) in [6, 6.07) is 0. The van der Waals surface area contributed by atoms with Gasteiger partial charge >= 0.3 is 5.97 Å². The highest BCUT2D eigenvalue weighted by Crippen LogP contribution is 2.30. The summed E-state index contributed by atoms with van der Waals surface area (Å²) in [5, 5.41) is 46.4. The zero-order valence-electron chi connectivity index (χ0n) is 35.4. The van der Waals surface area contributed by atoms with Gasteiger partial charge in [-0.2, -0.15) is 0 Å². The molecule has 0 saturated carbocycles. The maximum absolute atomic E-state index is 13.9. The van der Waals surface area contributed by atoms with E-state index in [0.29, 0.717) is 25.7 Å². The lowest BCUT2D eigenvalue weighted by atomic mass is 9.74. The number of Topliss-reactive ketones (excluding diaryl/α,β-unsaturated/α-hetero) is 3. The molecule has 3 unspecified atom stereocenters. The first-order valence-corrected chi connectivity index (χ1v) is 21.8. The molecule has 7 N–H and O–H groups in total. The second kappa shape index (κ2) is 35.8. The number of aliphatic carboxylic acids is 1. The van der Waals surface area contributed by atoms with Gasteiger partial charge in [0, 0.05) is 19.3 Å². The highest BCUT2D eigenvalue weighted by molar-refractivity contribution is 6.17. The van der Waals surface area contributed by atoms with E-state index >= 15 is 0 Å². The molecule has 0 aliphatic heterocycles. The largest absolute Gasteiger partial charge is 0.481 e. The molecule has 0 saturated heterocycles. The Morgan fingerprint density at radius 1 is 0.561 bits per heavy atom. The monoisotopic (exact) mass is 799 g/mol. The van der Waals surface area contributed by atoms with E-state index in [1.54, 1.807) is 0 Å². The minimum absolute atomic E-state index is 0.0465. The highest BCUT2D eigenvalue weighted by Gasteiger charge is 2.63. The van der Waals surface area contributed by atoms with Gasteiger partial charge in [0.05, 0.1) is 0 Å². The third-order valence-electron chi connectivity index (χ3n) is 9.73. The predicted molar refractivity (Wildman–Crippen MR) is 233 cm³/mol. The lowest BCUT2D eigenvalue weighted by molar-refractivity contribution is -0.197. The molecule has 10 nitrogen and oxygen atoms in total. The fourth-order valence-electron chi connectivity index (χ4n) is 6.31. The van der Waals surface area contributed by atoms with E-state index in [2.05, 4.69) is 92.1 Å². The Morgan fingerprint density at radius 2 is 1.00 bits per heavy atom. The summed E-state index contributed by atoms with van der Waals surface area (Å²) in [7, 11) is 0. The third kappa shape index (κ3) is 25.0. The van der Waals surface area contributed by atoms with Gasteiger partial charge in [-0.05, 0) is 103 Å². The van der Waals surface area contributed by atoms with Crippen molar-refractivity contribution >= 4 is 23.3 Å². The Balaban J connectivity index is 5.36. The summed E-state index contributed by atoms with van der Waals surface area (Å²) in [5.41, 5.74) is -0.749. The number of nitrogens with one attached hydrogen (secondary N) is 1. The first kappa shape index (κ1) is 53.7. The van der Waals surface area contributed by atoms with Crippen LogP contribution in [0, 0.1) is 0 Å². The van der Waals surface area contributed by atoms with Crippen LogP contribution in [0.1, 0.15) is 168 Å². The number of rotatable bonds is 39. The average molecular weight is 799 g/mol. The van der Waals surface area contributed by atoms with Crippen molar-refractivity contribution in [2.75, 3.05) is 13.1 Å². The molecule has 0 fully saturated rings. The molecular weight excluding hydrogens is 721 g/mol. The molecule has 0 aromatic rings. The zero-order chi connectivity index (χ0) is 42.5. The zero-order valence-corrected chi connectivity index (χ0v) is 35.4. The number of carboxylic acid groups (broad SMARTS) is 1. The van der Waals surface area contributed by atoms with Gasteiger partial charge in [0.1, 0.15) is 6.10 Å². The summed E-state index contributed by atoms with van der Waals surface area (Å²) in [5.74, 6) is -4.52. The Labute approximate surface area is 344 Å². The summed E-state index contributed by atoms with van der Waals surface area (Å²) in [4.78, 5) is 52.4. The van der Waals surface area contributed by atoms with Crippen LogP contribution in [0.2, 0.25) is 0 Å². The fourth-order valence-corrected chi connectivity index (χ4v) is 6.31. The molecule has 0 heterocycles. The van der Waals surface area contributed by atoms with E-state index < -0.39 is 40.7 Å². The molecule has 0 aliphatic rings. The molecule has 0 rings (SSSR count). The first-order valence-electron chi connectivity index (χ1n) is 21.8. The number of carbonyl (C=O) groups excluding carboxylic acids is 3. The van der Waals surface area contributed by atoms with Crippen molar-refractivity contribution in [1.29, 1.82) is 0 Å². The molecule has 0 aliphatic carbocycles. The Hall–Kier alpha value is -3.28. The number of nitrogens with two attached hydrogens (primary N) is 1. The van der Waals surface area contributed by atoms with Crippen LogP contribution >= 0.6 is 0 Å². The summed E-state index contributed by atoms with van der Waals surface area (Å²) >= 11 is 0. The van der Waals surface area contributed by atoms with Crippen molar-refractivity contribution in [2.24, 2.45) is 5.73 Å². The number of ketones is 3. The number of carbonyl (C=O) groups is 4. The van der Waals surface area contributed by atoms with Crippen molar-refractivity contribution in [2.45, 2.75) is 185 Å². The summed E-state index contributed by atoms with van der Waals surface area (Å²) < 4.78 is 0. The number of aliphatic hydroxyl groups is 3. The molecule has 57 heavy (non-hydrogen) atoms. The minimum atomic E-state index is -3.28. The molecule has 10 heteroatoms. The number of hydrogen-bond donors (Lipinski definition) is 6. The highest BCUT2D eigenvalue weighted by atomic mass is 16.4. The third-order valence-corrected chi connectivity index (χ3v) is 9.73. The number of aliphatic hydroxyl groups excluding tert-OH is 1. The Bertz CT molecular complexity index is 1270. The summed E-state index contributed by atoms with van der Waals surface area (Å²) in [6.45, 7) is 4.03. The van der Waals surface area contributed by atoms with Gasteiger partial charge < -0.3 is 26.2 Å². The molecule has 0 amide bonds. The van der Waals surface area contributed by atoms with Gasteiger partial charge in [0.25, 0.3) is 0 Å². The van der Waals surface area contributed by atoms with Crippen LogP contribution in [0.3, 0.4) is 0 Å². The van der Waals surface area contributed by atoms with E-state index in [9.17, 15) is 34.5 Å². The number of carboxylic acids is 1. The van der Waals surface area contributed by atoms with Crippen LogP contribution in [0.15, 0.2) is 72.9 Å². The van der Waals surface area contributed by atoms with Crippen LogP contribution in [0.25, 0.3) is 0 Å². The summed E-state index contributed by atoms with van der Waals surface area (Å²) in [6.07, 6.45) is 38.5. The Morgan fingerprint density at radius 3 is 1.49 bits per heavy atom. The SMILES string of the molecule is CCC=CCC=CCC=CCCCCCCCC(=O)C(O)(C(=O)C(O)CCCCCCCC=CCC=CCC=CCC)C(O)(NCCCC(=O)O)C(=O)CCCN. The minimum Gasteiger partial charge on any atom is -0.481 e. The number of hydrogen-bond acceptors (Lipinski definition) is 9. The maximum atomic E-state index is 13.9. The predicted octanol–water partition coefficient (Wildman–Crippen LogP) is 8.85. The van der Waals surface area contributed by atoms with E-state index in [-0.39, 0.29) is 51.6 Å². The van der Waals surface area contributed by atoms with Crippen LogP contribution in [-0.4, -0.2) is 74.3 Å². The quantitative estimate of drug-likeness (QED) is 0.0152. The normalized spacial score (nSPS) is 15.1. The van der Waals surface area contributed by atoms with Gasteiger partial charge in [0.2, 0.25) is 17.1 Å². The van der Waals surface area contributed by atoms with Gasteiger partial charge in [0.15, 0.2) is 11.6 Å². The van der Waals surface area contributed by atoms with Gasteiger partial charge in [-0.25, -0.2) is 0 Å². The van der Waals surface area contributed by atoms with Crippen LogP contribution in [0.5, 0.6) is 0 Å². The fraction of sp³-hybridized carbons (Fsp3) is 0.660. The molecule has 324 valence electrons. The standard InChI is InChI=1S/C47H78N2O8/c1-3-5-7-9-11-13-15-17-19-21-23-25-27-29-31-35-41(50)45(55)46(56,47(57,43(52)37-33-39-48)49-40-34-38-44(53)54)42(51)36-32-30-28-26-24-22-20-18-16-14-12-10-8-6-4-2/h5-8,11-14,17-20,41,49-50,56-57H,3-4,9-10,15-16,21-40,48H2,1-2H3,(H,53,54). The van der Waals surface area contributed by atoms with E-state index in [1.165, 1.54) is 0 Å². The molecular formula is C47H78N2O8. The van der Waals surface area contributed by atoms with E-state index in [4.69, 9.17) is 10.8 Å². The second-order valence-corrected chi connectivity index (χ2v) is 14.7. The average Bonchev–Trinajstić information content (AvgIpc) is 3.20.